The molecule has 0 aliphatic rings. The average Bonchev–Trinajstić information content (AvgIpc) is 2.47. The third-order valence-corrected chi connectivity index (χ3v) is 2.76. The van der Waals surface area contributed by atoms with Crippen molar-refractivity contribution in [2.45, 2.75) is 12.7 Å². The van der Waals surface area contributed by atoms with E-state index in [1.165, 1.54) is 12.3 Å². The molecule has 0 amide bonds. The Bertz CT molecular complexity index is 602. The van der Waals surface area contributed by atoms with Crippen molar-refractivity contribution < 1.29 is 18.3 Å². The highest BCUT2D eigenvalue weighted by Crippen LogP contribution is 2.31. The van der Waals surface area contributed by atoms with Gasteiger partial charge in [0.1, 0.15) is 5.82 Å². The molecule has 0 aliphatic heterocycles. The van der Waals surface area contributed by atoms with E-state index in [0.29, 0.717) is 30.2 Å². The number of benzene rings is 1. The highest BCUT2D eigenvalue weighted by atomic mass is 19.4. The molecule has 2 rings (SSSR count). The fraction of sp³-hybridized carbons (Fsp3) is 0.286. The van der Waals surface area contributed by atoms with Crippen LogP contribution in [0.3, 0.4) is 0 Å². The van der Waals surface area contributed by atoms with Gasteiger partial charge in [0.25, 0.3) is 0 Å². The minimum Gasteiger partial charge on any atom is -0.395 e. The van der Waals surface area contributed by atoms with Gasteiger partial charge in [0.15, 0.2) is 0 Å². The van der Waals surface area contributed by atoms with Crippen LogP contribution < -0.4 is 5.32 Å². The number of hydrogen-bond acceptors (Lipinski definition) is 4. The van der Waals surface area contributed by atoms with Crippen molar-refractivity contribution in [3.8, 4) is 11.3 Å². The Morgan fingerprint density at radius 3 is 2.71 bits per heavy atom. The van der Waals surface area contributed by atoms with E-state index in [1.54, 1.807) is 12.1 Å². The second-order valence-corrected chi connectivity index (χ2v) is 4.34. The van der Waals surface area contributed by atoms with E-state index in [-0.39, 0.29) is 6.61 Å². The van der Waals surface area contributed by atoms with Gasteiger partial charge in [0, 0.05) is 18.3 Å². The molecule has 0 unspecified atom stereocenters. The smallest absolute Gasteiger partial charge is 0.395 e. The van der Waals surface area contributed by atoms with E-state index < -0.39 is 11.7 Å². The van der Waals surface area contributed by atoms with Crippen molar-refractivity contribution in [3.63, 3.8) is 0 Å². The average molecular weight is 297 g/mol. The summed E-state index contributed by atoms with van der Waals surface area (Å²) in [6.45, 7) is 0.734. The van der Waals surface area contributed by atoms with Crippen molar-refractivity contribution >= 4 is 0 Å². The fourth-order valence-corrected chi connectivity index (χ4v) is 1.78. The normalized spacial score (nSPS) is 11.6. The summed E-state index contributed by atoms with van der Waals surface area (Å²) in [5, 5.41) is 11.6. The Morgan fingerprint density at radius 2 is 2.00 bits per heavy atom. The molecule has 0 atom stereocenters. The minimum absolute atomic E-state index is 0.00663. The monoisotopic (exact) mass is 297 g/mol. The lowest BCUT2D eigenvalue weighted by Gasteiger charge is -2.09. The summed E-state index contributed by atoms with van der Waals surface area (Å²) in [6, 6.07) is 6.57. The quantitative estimate of drug-likeness (QED) is 0.831. The van der Waals surface area contributed by atoms with Gasteiger partial charge in [-0.3, -0.25) is 0 Å². The second-order valence-electron chi connectivity index (χ2n) is 4.34. The molecule has 112 valence electrons. The standard InChI is InChI=1S/C14H14F3N3O/c15-14(16,17)11-3-1-2-10(8-11)12-4-5-19-13(20-12)9-18-6-7-21/h1-5,8,18,21H,6-7,9H2. The summed E-state index contributed by atoms with van der Waals surface area (Å²) in [4.78, 5) is 8.25. The lowest BCUT2D eigenvalue weighted by atomic mass is 10.1. The second kappa shape index (κ2) is 6.64. The number of aromatic nitrogens is 2. The zero-order valence-electron chi connectivity index (χ0n) is 11.1. The van der Waals surface area contributed by atoms with E-state index in [1.807, 2.05) is 0 Å². The zero-order valence-corrected chi connectivity index (χ0v) is 11.1. The van der Waals surface area contributed by atoms with Crippen LogP contribution in [0.4, 0.5) is 13.2 Å². The van der Waals surface area contributed by atoms with Crippen LogP contribution in [0, 0.1) is 0 Å². The number of hydrogen-bond donors (Lipinski definition) is 2. The van der Waals surface area contributed by atoms with Crippen molar-refractivity contribution in [3.05, 3.63) is 47.9 Å². The predicted octanol–water partition coefficient (Wildman–Crippen LogP) is 2.24. The van der Waals surface area contributed by atoms with Gasteiger partial charge in [-0.05, 0) is 18.2 Å². The maximum Gasteiger partial charge on any atom is 0.416 e. The molecule has 2 N–H and O–H groups in total. The predicted molar refractivity (Wildman–Crippen MR) is 71.3 cm³/mol. The summed E-state index contributed by atoms with van der Waals surface area (Å²) in [6.07, 6.45) is -2.88. The lowest BCUT2D eigenvalue weighted by molar-refractivity contribution is -0.137. The SMILES string of the molecule is OCCNCc1nccc(-c2cccc(C(F)(F)F)c2)n1. The number of nitrogens with zero attached hydrogens (tertiary/aromatic N) is 2. The zero-order chi connectivity index (χ0) is 15.3. The molecule has 0 saturated carbocycles. The molecule has 0 bridgehead atoms. The van der Waals surface area contributed by atoms with Crippen molar-refractivity contribution in [1.29, 1.82) is 0 Å². The van der Waals surface area contributed by atoms with E-state index >= 15 is 0 Å². The number of aliphatic hydroxyl groups is 1. The lowest BCUT2D eigenvalue weighted by Crippen LogP contribution is -2.19. The summed E-state index contributed by atoms with van der Waals surface area (Å²) >= 11 is 0. The summed E-state index contributed by atoms with van der Waals surface area (Å²) in [7, 11) is 0. The molecule has 0 saturated heterocycles. The summed E-state index contributed by atoms with van der Waals surface area (Å²) in [5.74, 6) is 0.457. The fourth-order valence-electron chi connectivity index (χ4n) is 1.78. The van der Waals surface area contributed by atoms with Gasteiger partial charge >= 0.3 is 6.18 Å². The molecule has 4 nitrogen and oxygen atoms in total. The first-order valence-corrected chi connectivity index (χ1v) is 6.32. The third-order valence-electron chi connectivity index (χ3n) is 2.76. The van der Waals surface area contributed by atoms with Crippen LogP contribution in [0.25, 0.3) is 11.3 Å². The molecular weight excluding hydrogens is 283 g/mol. The van der Waals surface area contributed by atoms with Crippen LogP contribution >= 0.6 is 0 Å². The Kier molecular flexibility index (Phi) is 4.87. The molecule has 7 heteroatoms. The Hall–Kier alpha value is -1.99. The maximum absolute atomic E-state index is 12.7. The van der Waals surface area contributed by atoms with Crippen LogP contribution in [-0.2, 0) is 12.7 Å². The Morgan fingerprint density at radius 1 is 1.19 bits per heavy atom. The molecule has 2 aromatic rings. The summed E-state index contributed by atoms with van der Waals surface area (Å²) in [5.41, 5.74) is 0.103. The molecule has 0 radical (unpaired) electrons. The number of aliphatic hydroxyl groups excluding tert-OH is 1. The third kappa shape index (κ3) is 4.24. The highest BCUT2D eigenvalue weighted by Gasteiger charge is 2.30. The largest absolute Gasteiger partial charge is 0.416 e. The van der Waals surface area contributed by atoms with Crippen molar-refractivity contribution in [2.75, 3.05) is 13.2 Å². The van der Waals surface area contributed by atoms with Crippen molar-refractivity contribution in [1.82, 2.24) is 15.3 Å². The van der Waals surface area contributed by atoms with Gasteiger partial charge < -0.3 is 10.4 Å². The molecule has 21 heavy (non-hydrogen) atoms. The highest BCUT2D eigenvalue weighted by molar-refractivity contribution is 5.59. The minimum atomic E-state index is -4.38. The Balaban J connectivity index is 2.24. The maximum atomic E-state index is 12.7. The van der Waals surface area contributed by atoms with Crippen LogP contribution in [0.5, 0.6) is 0 Å². The van der Waals surface area contributed by atoms with E-state index in [4.69, 9.17) is 5.11 Å². The van der Waals surface area contributed by atoms with Gasteiger partial charge in [-0.1, -0.05) is 12.1 Å². The molecule has 1 heterocycles. The molecule has 0 spiro atoms. The van der Waals surface area contributed by atoms with Gasteiger partial charge in [0.2, 0.25) is 0 Å². The summed E-state index contributed by atoms with van der Waals surface area (Å²) < 4.78 is 38.1. The van der Waals surface area contributed by atoms with Crippen LogP contribution in [0.1, 0.15) is 11.4 Å². The number of rotatable bonds is 5. The van der Waals surface area contributed by atoms with E-state index in [2.05, 4.69) is 15.3 Å². The van der Waals surface area contributed by atoms with Crippen LogP contribution in [0.15, 0.2) is 36.5 Å². The number of nitrogens with one attached hydrogen (secondary N) is 1. The van der Waals surface area contributed by atoms with Gasteiger partial charge in [-0.15, -0.1) is 0 Å². The number of halogens is 3. The van der Waals surface area contributed by atoms with Crippen LogP contribution in [-0.4, -0.2) is 28.2 Å². The molecule has 0 fully saturated rings. The van der Waals surface area contributed by atoms with E-state index in [0.717, 1.165) is 12.1 Å². The molecule has 0 aliphatic carbocycles. The number of alkyl halides is 3. The first-order valence-electron chi connectivity index (χ1n) is 6.32. The first-order chi connectivity index (χ1) is 10.0. The molecule has 1 aromatic carbocycles. The van der Waals surface area contributed by atoms with Gasteiger partial charge in [-0.2, -0.15) is 13.2 Å². The van der Waals surface area contributed by atoms with E-state index in [9.17, 15) is 13.2 Å². The topological polar surface area (TPSA) is 58.0 Å². The van der Waals surface area contributed by atoms with Gasteiger partial charge in [-0.25, -0.2) is 9.97 Å². The molecular formula is C14H14F3N3O. The Labute approximate surface area is 119 Å². The van der Waals surface area contributed by atoms with Crippen LogP contribution in [0.2, 0.25) is 0 Å². The van der Waals surface area contributed by atoms with Crippen molar-refractivity contribution in [2.24, 2.45) is 0 Å². The van der Waals surface area contributed by atoms with Gasteiger partial charge in [0.05, 0.1) is 24.4 Å². The first kappa shape index (κ1) is 15.4. The molecule has 1 aromatic heterocycles.